The van der Waals surface area contributed by atoms with Crippen molar-refractivity contribution >= 4 is 33.2 Å². The quantitative estimate of drug-likeness (QED) is 0.816. The van der Waals surface area contributed by atoms with E-state index in [0.29, 0.717) is 0 Å². The molecule has 0 radical (unpaired) electrons. The highest BCUT2D eigenvalue weighted by molar-refractivity contribution is 7.98. The van der Waals surface area contributed by atoms with Crippen LogP contribution in [0.2, 0.25) is 0 Å². The Bertz CT molecular complexity index is 593. The minimum atomic E-state index is -3.13. The Kier molecular flexibility index (Phi) is 5.70. The van der Waals surface area contributed by atoms with Gasteiger partial charge in [-0.15, -0.1) is 11.8 Å². The smallest absolute Gasteiger partial charge is 0.225 e. The maximum absolute atomic E-state index is 12.1. The van der Waals surface area contributed by atoms with Gasteiger partial charge in [-0.05, 0) is 31.2 Å². The molecule has 1 amide bonds. The van der Waals surface area contributed by atoms with Crippen LogP contribution in [-0.4, -0.2) is 31.6 Å². The van der Waals surface area contributed by atoms with Gasteiger partial charge in [0.2, 0.25) is 5.91 Å². The van der Waals surface area contributed by atoms with Gasteiger partial charge in [-0.1, -0.05) is 25.0 Å². The molecule has 1 fully saturated rings. The molecule has 1 N–H and O–H groups in total. The van der Waals surface area contributed by atoms with Gasteiger partial charge in [-0.2, -0.15) is 0 Å². The highest BCUT2D eigenvalue weighted by Crippen LogP contribution is 2.26. The van der Waals surface area contributed by atoms with E-state index >= 15 is 0 Å². The molecule has 0 unspecified atom stereocenters. The van der Waals surface area contributed by atoms with Gasteiger partial charge in [0.15, 0.2) is 9.84 Å². The summed E-state index contributed by atoms with van der Waals surface area (Å²) in [6, 6.07) is 7.52. The summed E-state index contributed by atoms with van der Waals surface area (Å²) in [4.78, 5) is 12.9. The number of amides is 1. The third-order valence-electron chi connectivity index (χ3n) is 3.80. The lowest BCUT2D eigenvalue weighted by molar-refractivity contribution is -0.115. The predicted octanol–water partition coefficient (Wildman–Crippen LogP) is 3.09. The third kappa shape index (κ3) is 4.48. The first kappa shape index (κ1) is 16.4. The molecule has 0 aliphatic heterocycles. The average Bonchev–Trinajstić information content (AvgIpc) is 3.01. The number of para-hydroxylation sites is 1. The van der Waals surface area contributed by atoms with E-state index in [9.17, 15) is 13.2 Å². The number of carbonyl (C=O) groups is 1. The van der Waals surface area contributed by atoms with E-state index in [1.807, 2.05) is 30.5 Å². The van der Waals surface area contributed by atoms with Crippen LogP contribution in [0.4, 0.5) is 5.69 Å². The fraction of sp³-hybridized carbons (Fsp3) is 0.533. The molecule has 0 saturated heterocycles. The van der Waals surface area contributed by atoms with Crippen LogP contribution in [0.25, 0.3) is 0 Å². The first-order chi connectivity index (χ1) is 10.0. The molecule has 6 heteroatoms. The SMILES string of the molecule is CSc1ccccc1NC(=O)CCS(=O)(=O)C1CCCC1. The lowest BCUT2D eigenvalue weighted by Crippen LogP contribution is -2.24. The maximum Gasteiger partial charge on any atom is 0.225 e. The highest BCUT2D eigenvalue weighted by atomic mass is 32.2. The van der Waals surface area contributed by atoms with Crippen molar-refractivity contribution in [1.82, 2.24) is 0 Å². The van der Waals surface area contributed by atoms with Crippen LogP contribution in [0.5, 0.6) is 0 Å². The van der Waals surface area contributed by atoms with Crippen LogP contribution in [-0.2, 0) is 14.6 Å². The van der Waals surface area contributed by atoms with Crippen molar-refractivity contribution < 1.29 is 13.2 Å². The van der Waals surface area contributed by atoms with Crippen LogP contribution in [0.15, 0.2) is 29.2 Å². The summed E-state index contributed by atoms with van der Waals surface area (Å²) >= 11 is 1.55. The molecule has 1 aromatic carbocycles. The van der Waals surface area contributed by atoms with Crippen molar-refractivity contribution in [1.29, 1.82) is 0 Å². The zero-order chi connectivity index (χ0) is 15.3. The predicted molar refractivity (Wildman–Crippen MR) is 87.5 cm³/mol. The topological polar surface area (TPSA) is 63.2 Å². The van der Waals surface area contributed by atoms with E-state index in [1.165, 1.54) is 0 Å². The van der Waals surface area contributed by atoms with Crippen LogP contribution < -0.4 is 5.32 Å². The Balaban J connectivity index is 1.90. The van der Waals surface area contributed by atoms with E-state index in [0.717, 1.165) is 36.3 Å². The molecule has 116 valence electrons. The molecule has 21 heavy (non-hydrogen) atoms. The Hall–Kier alpha value is -1.01. The zero-order valence-corrected chi connectivity index (χ0v) is 13.8. The summed E-state index contributed by atoms with van der Waals surface area (Å²) in [6.07, 6.45) is 5.43. The second-order valence-electron chi connectivity index (χ2n) is 5.27. The molecule has 0 atom stereocenters. The number of hydrogen-bond donors (Lipinski definition) is 1. The molecule has 0 aromatic heterocycles. The van der Waals surface area contributed by atoms with E-state index in [2.05, 4.69) is 5.32 Å². The molecule has 1 aromatic rings. The van der Waals surface area contributed by atoms with Crippen molar-refractivity contribution in [2.45, 2.75) is 42.2 Å². The number of benzene rings is 1. The molecular formula is C15H21NO3S2. The first-order valence-electron chi connectivity index (χ1n) is 7.17. The molecule has 0 bridgehead atoms. The summed E-state index contributed by atoms with van der Waals surface area (Å²) in [5.74, 6) is -0.289. The Morgan fingerprint density at radius 2 is 1.95 bits per heavy atom. The summed E-state index contributed by atoms with van der Waals surface area (Å²) < 4.78 is 24.3. The molecule has 0 spiro atoms. The molecule has 2 rings (SSSR count). The van der Waals surface area contributed by atoms with E-state index in [4.69, 9.17) is 0 Å². The van der Waals surface area contributed by atoms with Crippen molar-refractivity contribution in [2.75, 3.05) is 17.3 Å². The lowest BCUT2D eigenvalue weighted by Gasteiger charge is -2.12. The largest absolute Gasteiger partial charge is 0.325 e. The van der Waals surface area contributed by atoms with Crippen LogP contribution in [0.3, 0.4) is 0 Å². The summed E-state index contributed by atoms with van der Waals surface area (Å²) in [6.45, 7) is 0. The standard InChI is InChI=1S/C15H21NO3S2/c1-20-14-9-5-4-8-13(14)16-15(17)10-11-21(18,19)12-6-2-3-7-12/h4-5,8-9,12H,2-3,6-7,10-11H2,1H3,(H,16,17). The number of sulfone groups is 1. The van der Waals surface area contributed by atoms with Gasteiger partial charge < -0.3 is 5.32 Å². The molecule has 1 saturated carbocycles. The molecule has 1 aliphatic rings. The van der Waals surface area contributed by atoms with Crippen molar-refractivity contribution in [3.63, 3.8) is 0 Å². The highest BCUT2D eigenvalue weighted by Gasteiger charge is 2.28. The van der Waals surface area contributed by atoms with Crippen LogP contribution in [0, 0.1) is 0 Å². The second kappa shape index (κ2) is 7.31. The number of hydrogen-bond acceptors (Lipinski definition) is 4. The number of carbonyl (C=O) groups excluding carboxylic acids is 1. The van der Waals surface area contributed by atoms with Gasteiger partial charge in [0.25, 0.3) is 0 Å². The second-order valence-corrected chi connectivity index (χ2v) is 8.52. The molecular weight excluding hydrogens is 306 g/mol. The van der Waals surface area contributed by atoms with Gasteiger partial charge in [0.1, 0.15) is 0 Å². The van der Waals surface area contributed by atoms with E-state index in [1.54, 1.807) is 11.8 Å². The lowest BCUT2D eigenvalue weighted by atomic mass is 10.3. The fourth-order valence-electron chi connectivity index (χ4n) is 2.61. The summed E-state index contributed by atoms with van der Waals surface area (Å²) in [5.41, 5.74) is 0.744. The monoisotopic (exact) mass is 327 g/mol. The Labute approximate surface area is 130 Å². The van der Waals surface area contributed by atoms with Gasteiger partial charge in [0.05, 0.1) is 16.7 Å². The van der Waals surface area contributed by atoms with E-state index < -0.39 is 9.84 Å². The number of anilines is 1. The fourth-order valence-corrected chi connectivity index (χ4v) is 5.02. The Morgan fingerprint density at radius 1 is 1.29 bits per heavy atom. The number of thioether (sulfide) groups is 1. The van der Waals surface area contributed by atoms with Gasteiger partial charge in [-0.25, -0.2) is 8.42 Å². The van der Waals surface area contributed by atoms with Crippen molar-refractivity contribution in [3.05, 3.63) is 24.3 Å². The van der Waals surface area contributed by atoms with Crippen molar-refractivity contribution in [2.24, 2.45) is 0 Å². The van der Waals surface area contributed by atoms with Crippen LogP contribution in [0.1, 0.15) is 32.1 Å². The zero-order valence-electron chi connectivity index (χ0n) is 12.2. The average molecular weight is 327 g/mol. The normalized spacial score (nSPS) is 16.0. The molecule has 4 nitrogen and oxygen atoms in total. The Morgan fingerprint density at radius 3 is 2.62 bits per heavy atom. The number of rotatable bonds is 6. The number of nitrogens with one attached hydrogen (secondary N) is 1. The minimum absolute atomic E-state index is 0.0293. The van der Waals surface area contributed by atoms with Gasteiger partial charge in [0, 0.05) is 11.3 Å². The van der Waals surface area contributed by atoms with Gasteiger partial charge >= 0.3 is 0 Å². The van der Waals surface area contributed by atoms with Crippen LogP contribution >= 0.6 is 11.8 Å². The van der Waals surface area contributed by atoms with E-state index in [-0.39, 0.29) is 23.3 Å². The maximum atomic E-state index is 12.1. The first-order valence-corrected chi connectivity index (χ1v) is 10.1. The molecule has 1 aliphatic carbocycles. The summed E-state index contributed by atoms with van der Waals surface area (Å²) in [7, 11) is -3.13. The minimum Gasteiger partial charge on any atom is -0.325 e. The van der Waals surface area contributed by atoms with Gasteiger partial charge in [-0.3, -0.25) is 4.79 Å². The molecule has 0 heterocycles. The summed E-state index contributed by atoms with van der Waals surface area (Å²) in [5, 5.41) is 2.57. The third-order valence-corrected chi connectivity index (χ3v) is 6.86. The van der Waals surface area contributed by atoms with Crippen molar-refractivity contribution in [3.8, 4) is 0 Å².